The third kappa shape index (κ3) is 3.17. The Morgan fingerprint density at radius 3 is 2.71 bits per heavy atom. The van der Waals surface area contributed by atoms with Gasteiger partial charge in [0.05, 0.1) is 26.0 Å². The summed E-state index contributed by atoms with van der Waals surface area (Å²) in [6.07, 6.45) is 2.93. The smallest absolute Gasteiger partial charge is 0.325 e. The van der Waals surface area contributed by atoms with Gasteiger partial charge in [-0.3, -0.25) is 14.6 Å². The number of hydrogen-bond donors (Lipinski definition) is 0. The lowest BCUT2D eigenvalue weighted by molar-refractivity contribution is -0.141. The van der Waals surface area contributed by atoms with Gasteiger partial charge in [0.25, 0.3) is 5.91 Å². The lowest BCUT2D eigenvalue weighted by atomic mass is 10.2. The molecule has 0 atom stereocenters. The zero-order chi connectivity index (χ0) is 12.8. The van der Waals surface area contributed by atoms with Gasteiger partial charge in [-0.1, -0.05) is 0 Å². The molecule has 0 aliphatic heterocycles. The van der Waals surface area contributed by atoms with Crippen LogP contribution in [-0.2, 0) is 9.53 Å². The minimum Gasteiger partial charge on any atom is -0.494 e. The molecule has 0 radical (unpaired) electrons. The SMILES string of the molecule is COC(=O)CN(C)C(=O)c1ccncc1OC. The van der Waals surface area contributed by atoms with Crippen LogP contribution in [0, 0.1) is 0 Å². The Kier molecular flexibility index (Phi) is 4.45. The minimum atomic E-state index is -0.478. The summed E-state index contributed by atoms with van der Waals surface area (Å²) >= 11 is 0. The summed E-state index contributed by atoms with van der Waals surface area (Å²) in [7, 11) is 4.24. The molecule has 0 saturated heterocycles. The molecule has 0 N–H and O–H groups in total. The summed E-state index contributed by atoms with van der Waals surface area (Å²) in [5.41, 5.74) is 0.355. The van der Waals surface area contributed by atoms with E-state index in [1.54, 1.807) is 0 Å². The van der Waals surface area contributed by atoms with Crippen LogP contribution in [0.5, 0.6) is 5.75 Å². The lowest BCUT2D eigenvalue weighted by Crippen LogP contribution is -2.32. The molecule has 0 fully saturated rings. The van der Waals surface area contributed by atoms with Gasteiger partial charge in [0.1, 0.15) is 12.3 Å². The molecule has 0 spiro atoms. The van der Waals surface area contributed by atoms with Crippen molar-refractivity contribution in [1.29, 1.82) is 0 Å². The Morgan fingerprint density at radius 2 is 2.12 bits per heavy atom. The minimum absolute atomic E-state index is 0.110. The second-order valence-electron chi connectivity index (χ2n) is 3.31. The van der Waals surface area contributed by atoms with Crippen LogP contribution in [0.3, 0.4) is 0 Å². The van der Waals surface area contributed by atoms with Crippen LogP contribution in [0.2, 0.25) is 0 Å². The number of hydrogen-bond acceptors (Lipinski definition) is 5. The predicted molar refractivity (Wildman–Crippen MR) is 59.8 cm³/mol. The van der Waals surface area contributed by atoms with Crippen molar-refractivity contribution in [2.75, 3.05) is 27.8 Å². The summed E-state index contributed by atoms with van der Waals surface area (Å²) in [4.78, 5) is 28.1. The summed E-state index contributed by atoms with van der Waals surface area (Å²) < 4.78 is 9.51. The average molecular weight is 238 g/mol. The van der Waals surface area contributed by atoms with Crippen molar-refractivity contribution in [3.05, 3.63) is 24.0 Å². The van der Waals surface area contributed by atoms with Crippen LogP contribution in [0.15, 0.2) is 18.5 Å². The molecule has 17 heavy (non-hydrogen) atoms. The summed E-state index contributed by atoms with van der Waals surface area (Å²) in [6, 6.07) is 1.54. The summed E-state index contributed by atoms with van der Waals surface area (Å²) in [5, 5.41) is 0. The van der Waals surface area contributed by atoms with Crippen LogP contribution in [0.4, 0.5) is 0 Å². The molecular formula is C11H14N2O4. The fourth-order valence-electron chi connectivity index (χ4n) is 1.25. The first-order valence-electron chi connectivity index (χ1n) is 4.90. The fraction of sp³-hybridized carbons (Fsp3) is 0.364. The molecule has 1 aromatic rings. The summed E-state index contributed by atoms with van der Waals surface area (Å²) in [5.74, 6) is -0.433. The number of esters is 1. The van der Waals surface area contributed by atoms with Gasteiger partial charge >= 0.3 is 5.97 Å². The largest absolute Gasteiger partial charge is 0.494 e. The first-order valence-corrected chi connectivity index (χ1v) is 4.90. The summed E-state index contributed by atoms with van der Waals surface area (Å²) in [6.45, 7) is -0.110. The molecule has 0 aliphatic rings. The molecule has 0 aromatic carbocycles. The number of carbonyl (C=O) groups is 2. The average Bonchev–Trinajstić information content (AvgIpc) is 2.37. The highest BCUT2D eigenvalue weighted by Gasteiger charge is 2.18. The van der Waals surface area contributed by atoms with Gasteiger partial charge in [0.15, 0.2) is 0 Å². The third-order valence-corrected chi connectivity index (χ3v) is 2.18. The molecule has 0 saturated carbocycles. The second kappa shape index (κ2) is 5.83. The fourth-order valence-corrected chi connectivity index (χ4v) is 1.25. The first-order chi connectivity index (χ1) is 8.10. The van der Waals surface area contributed by atoms with Crippen LogP contribution >= 0.6 is 0 Å². The van der Waals surface area contributed by atoms with E-state index in [0.29, 0.717) is 11.3 Å². The van der Waals surface area contributed by atoms with Gasteiger partial charge in [-0.2, -0.15) is 0 Å². The Balaban J connectivity index is 2.85. The molecule has 0 aliphatic carbocycles. The predicted octanol–water partition coefficient (Wildman–Crippen LogP) is 0.335. The number of carbonyl (C=O) groups excluding carboxylic acids is 2. The lowest BCUT2D eigenvalue weighted by Gasteiger charge is -2.16. The van der Waals surface area contributed by atoms with Crippen LogP contribution in [0.1, 0.15) is 10.4 Å². The van der Waals surface area contributed by atoms with E-state index in [2.05, 4.69) is 9.72 Å². The molecule has 1 amide bonds. The third-order valence-electron chi connectivity index (χ3n) is 2.18. The number of likely N-dealkylation sites (N-methyl/N-ethyl adjacent to an activating group) is 1. The molecule has 6 nitrogen and oxygen atoms in total. The van der Waals surface area contributed by atoms with Gasteiger partial charge in [-0.25, -0.2) is 0 Å². The van der Waals surface area contributed by atoms with Crippen LogP contribution in [0.25, 0.3) is 0 Å². The molecule has 1 rings (SSSR count). The van der Waals surface area contributed by atoms with Crippen molar-refractivity contribution in [3.63, 3.8) is 0 Å². The van der Waals surface area contributed by atoms with Crippen LogP contribution in [-0.4, -0.2) is 49.6 Å². The molecular weight excluding hydrogens is 224 g/mol. The number of methoxy groups -OCH3 is 2. The molecule has 0 bridgehead atoms. The van der Waals surface area contributed by atoms with Crippen molar-refractivity contribution in [1.82, 2.24) is 9.88 Å². The van der Waals surface area contributed by atoms with E-state index in [-0.39, 0.29) is 12.5 Å². The maximum Gasteiger partial charge on any atom is 0.325 e. The number of rotatable bonds is 4. The highest BCUT2D eigenvalue weighted by molar-refractivity contribution is 5.98. The Bertz CT molecular complexity index is 420. The van der Waals surface area contributed by atoms with Gasteiger partial charge in [0.2, 0.25) is 0 Å². The Morgan fingerprint density at radius 1 is 1.41 bits per heavy atom. The zero-order valence-electron chi connectivity index (χ0n) is 9.97. The van der Waals surface area contributed by atoms with Gasteiger partial charge in [0, 0.05) is 13.2 Å². The highest BCUT2D eigenvalue weighted by atomic mass is 16.5. The second-order valence-corrected chi connectivity index (χ2v) is 3.31. The number of pyridine rings is 1. The van der Waals surface area contributed by atoms with Crippen molar-refractivity contribution in [3.8, 4) is 5.75 Å². The van der Waals surface area contributed by atoms with E-state index in [1.165, 1.54) is 44.6 Å². The molecule has 92 valence electrons. The molecule has 1 heterocycles. The number of amides is 1. The van der Waals surface area contributed by atoms with E-state index < -0.39 is 5.97 Å². The Labute approximate surface area is 99.2 Å². The van der Waals surface area contributed by atoms with Crippen molar-refractivity contribution >= 4 is 11.9 Å². The molecule has 1 aromatic heterocycles. The van der Waals surface area contributed by atoms with Gasteiger partial charge in [-0.05, 0) is 6.07 Å². The van der Waals surface area contributed by atoms with E-state index in [0.717, 1.165) is 0 Å². The highest BCUT2D eigenvalue weighted by Crippen LogP contribution is 2.17. The quantitative estimate of drug-likeness (QED) is 0.707. The zero-order valence-corrected chi connectivity index (χ0v) is 9.97. The number of nitrogens with zero attached hydrogens (tertiary/aromatic N) is 2. The van der Waals surface area contributed by atoms with Crippen molar-refractivity contribution < 1.29 is 19.1 Å². The monoisotopic (exact) mass is 238 g/mol. The van der Waals surface area contributed by atoms with E-state index >= 15 is 0 Å². The maximum absolute atomic E-state index is 12.0. The first kappa shape index (κ1) is 13.0. The van der Waals surface area contributed by atoms with Crippen molar-refractivity contribution in [2.45, 2.75) is 0 Å². The van der Waals surface area contributed by atoms with E-state index in [9.17, 15) is 9.59 Å². The topological polar surface area (TPSA) is 68.7 Å². The number of aromatic nitrogens is 1. The maximum atomic E-state index is 12.0. The van der Waals surface area contributed by atoms with E-state index in [1.807, 2.05) is 0 Å². The molecule has 0 unspecified atom stereocenters. The van der Waals surface area contributed by atoms with Gasteiger partial charge < -0.3 is 14.4 Å². The van der Waals surface area contributed by atoms with Crippen LogP contribution < -0.4 is 4.74 Å². The van der Waals surface area contributed by atoms with Gasteiger partial charge in [-0.15, -0.1) is 0 Å². The Hall–Kier alpha value is -2.11. The molecule has 6 heteroatoms. The van der Waals surface area contributed by atoms with E-state index in [4.69, 9.17) is 4.74 Å². The number of ether oxygens (including phenoxy) is 2. The normalized spacial score (nSPS) is 9.59. The van der Waals surface area contributed by atoms with Crippen molar-refractivity contribution in [2.24, 2.45) is 0 Å². The standard InChI is InChI=1S/C11H14N2O4/c1-13(7-10(14)17-3)11(15)8-4-5-12-6-9(8)16-2/h4-6H,7H2,1-3H3.